The molecule has 1 aromatic heterocycles. The van der Waals surface area contributed by atoms with Crippen molar-refractivity contribution in [1.82, 2.24) is 20.5 Å². The number of nitrogens with zero attached hydrogens (tertiary/aromatic N) is 2. The number of rotatable bonds is 8. The fraction of sp³-hybridized carbons (Fsp3) is 0.636. The molecule has 0 fully saturated rings. The maximum atomic E-state index is 5.18. The third kappa shape index (κ3) is 7.86. The zero-order chi connectivity index (χ0) is 13.2. The predicted octanol–water partition coefficient (Wildman–Crippen LogP) is 1.40. The number of thioether (sulfide) groups is 1. The van der Waals surface area contributed by atoms with Gasteiger partial charge in [-0.1, -0.05) is 0 Å². The van der Waals surface area contributed by atoms with E-state index in [1.165, 1.54) is 5.01 Å². The summed E-state index contributed by atoms with van der Waals surface area (Å²) in [6.07, 6.45) is 1.85. The van der Waals surface area contributed by atoms with Crippen molar-refractivity contribution >= 4 is 40.4 Å². The molecule has 1 aromatic rings. The van der Waals surface area contributed by atoms with Gasteiger partial charge in [0.05, 0.1) is 0 Å². The Balaban J connectivity index is 1.92. The lowest BCUT2D eigenvalue weighted by Gasteiger charge is -2.13. The number of thiocarbonyl (C=S) groups is 1. The Labute approximate surface area is 123 Å². The lowest BCUT2D eigenvalue weighted by atomic mass is 10.6. The monoisotopic (exact) mass is 304 g/mol. The Morgan fingerprint density at radius 1 is 1.44 bits per heavy atom. The van der Waals surface area contributed by atoms with Crippen LogP contribution in [0.1, 0.15) is 5.01 Å². The van der Waals surface area contributed by atoms with Crippen molar-refractivity contribution in [1.29, 1.82) is 0 Å². The summed E-state index contributed by atoms with van der Waals surface area (Å²) in [5.41, 5.74) is 0. The Morgan fingerprint density at radius 2 is 2.22 bits per heavy atom. The molecule has 4 nitrogen and oxygen atoms in total. The molecule has 0 spiro atoms. The summed E-state index contributed by atoms with van der Waals surface area (Å²) in [7, 11) is 4.10. The molecule has 0 aliphatic rings. The molecular formula is C11H20N4S3. The maximum absolute atomic E-state index is 5.18. The molecule has 0 atom stereocenters. The number of aromatic nitrogens is 1. The van der Waals surface area contributed by atoms with Gasteiger partial charge < -0.3 is 15.5 Å². The van der Waals surface area contributed by atoms with Crippen molar-refractivity contribution in [3.8, 4) is 0 Å². The van der Waals surface area contributed by atoms with Crippen LogP contribution in [0, 0.1) is 0 Å². The molecule has 0 saturated heterocycles. The highest BCUT2D eigenvalue weighted by Gasteiger charge is 1.97. The van der Waals surface area contributed by atoms with Gasteiger partial charge in [-0.05, 0) is 26.3 Å². The van der Waals surface area contributed by atoms with Crippen LogP contribution in [0.3, 0.4) is 0 Å². The number of thiazole rings is 1. The third-order valence-electron chi connectivity index (χ3n) is 2.09. The zero-order valence-electron chi connectivity index (χ0n) is 10.8. The second kappa shape index (κ2) is 9.55. The molecular weight excluding hydrogens is 284 g/mol. The standard InChI is InChI=1S/C11H20N4S3/c1-15(2)6-3-13-11(16)14-4-7-17-9-10-12-5-8-18-10/h5,8H,3-4,6-7,9H2,1-2H3,(H2,13,14,16). The van der Waals surface area contributed by atoms with E-state index in [0.29, 0.717) is 0 Å². The molecule has 102 valence electrons. The minimum absolute atomic E-state index is 0.742. The SMILES string of the molecule is CN(C)CCNC(=S)NCCSCc1nccs1. The van der Waals surface area contributed by atoms with E-state index in [2.05, 4.69) is 20.5 Å². The highest BCUT2D eigenvalue weighted by Crippen LogP contribution is 2.13. The molecule has 7 heteroatoms. The van der Waals surface area contributed by atoms with Crippen molar-refractivity contribution in [2.45, 2.75) is 5.75 Å². The number of hydrogen-bond donors (Lipinski definition) is 2. The van der Waals surface area contributed by atoms with Gasteiger partial charge >= 0.3 is 0 Å². The van der Waals surface area contributed by atoms with Crippen molar-refractivity contribution < 1.29 is 0 Å². The van der Waals surface area contributed by atoms with Gasteiger partial charge in [-0.15, -0.1) is 11.3 Å². The quantitative estimate of drug-likeness (QED) is 0.559. The van der Waals surface area contributed by atoms with E-state index in [4.69, 9.17) is 12.2 Å². The van der Waals surface area contributed by atoms with Gasteiger partial charge in [-0.25, -0.2) is 4.98 Å². The molecule has 2 N–H and O–H groups in total. The topological polar surface area (TPSA) is 40.2 Å². The average molecular weight is 305 g/mol. The minimum Gasteiger partial charge on any atom is -0.362 e. The van der Waals surface area contributed by atoms with Gasteiger partial charge in [-0.3, -0.25) is 0 Å². The minimum atomic E-state index is 0.742. The van der Waals surface area contributed by atoms with E-state index < -0.39 is 0 Å². The van der Waals surface area contributed by atoms with Gasteiger partial charge in [-0.2, -0.15) is 11.8 Å². The smallest absolute Gasteiger partial charge is 0.166 e. The fourth-order valence-electron chi connectivity index (χ4n) is 1.18. The number of likely N-dealkylation sites (N-methyl/N-ethyl adjacent to an activating group) is 1. The maximum Gasteiger partial charge on any atom is 0.166 e. The van der Waals surface area contributed by atoms with Gasteiger partial charge in [0.25, 0.3) is 0 Å². The normalized spacial score (nSPS) is 10.6. The summed E-state index contributed by atoms with van der Waals surface area (Å²) in [4.78, 5) is 6.36. The van der Waals surface area contributed by atoms with E-state index in [-0.39, 0.29) is 0 Å². The van der Waals surface area contributed by atoms with Crippen LogP contribution >= 0.6 is 35.3 Å². The third-order valence-corrected chi connectivity index (χ3v) is 4.31. The van der Waals surface area contributed by atoms with Crippen LogP contribution in [-0.4, -0.2) is 54.5 Å². The molecule has 18 heavy (non-hydrogen) atoms. The van der Waals surface area contributed by atoms with E-state index in [1.54, 1.807) is 11.3 Å². The molecule has 0 amide bonds. The van der Waals surface area contributed by atoms with Crippen molar-refractivity contribution in [3.05, 3.63) is 16.6 Å². The predicted molar refractivity (Wildman–Crippen MR) is 85.4 cm³/mol. The van der Waals surface area contributed by atoms with Crippen molar-refractivity contribution in [3.63, 3.8) is 0 Å². The van der Waals surface area contributed by atoms with Crippen LogP contribution in [0.15, 0.2) is 11.6 Å². The van der Waals surface area contributed by atoms with E-state index in [0.717, 1.165) is 36.3 Å². The van der Waals surface area contributed by atoms with E-state index in [9.17, 15) is 0 Å². The lowest BCUT2D eigenvalue weighted by molar-refractivity contribution is 0.412. The van der Waals surface area contributed by atoms with E-state index >= 15 is 0 Å². The molecule has 1 heterocycles. The zero-order valence-corrected chi connectivity index (χ0v) is 13.3. The first kappa shape index (κ1) is 15.7. The van der Waals surface area contributed by atoms with Gasteiger partial charge in [0, 0.05) is 42.7 Å². The van der Waals surface area contributed by atoms with Gasteiger partial charge in [0.1, 0.15) is 5.01 Å². The average Bonchev–Trinajstić information content (AvgIpc) is 2.81. The summed E-state index contributed by atoms with van der Waals surface area (Å²) in [6, 6.07) is 0. The summed E-state index contributed by atoms with van der Waals surface area (Å²) < 4.78 is 0. The first-order valence-electron chi connectivity index (χ1n) is 5.81. The molecule has 0 radical (unpaired) electrons. The first-order chi connectivity index (χ1) is 8.68. The highest BCUT2D eigenvalue weighted by molar-refractivity contribution is 7.98. The molecule has 1 rings (SSSR count). The second-order valence-corrected chi connectivity index (χ2v) is 6.46. The van der Waals surface area contributed by atoms with Crippen LogP contribution in [0.5, 0.6) is 0 Å². The fourth-order valence-corrected chi connectivity index (χ4v) is 2.94. The Bertz CT molecular complexity index is 327. The first-order valence-corrected chi connectivity index (χ1v) is 8.25. The Hall–Kier alpha value is -0.370. The summed E-state index contributed by atoms with van der Waals surface area (Å²) in [5, 5.41) is 10.3. The van der Waals surface area contributed by atoms with Crippen LogP contribution in [0.2, 0.25) is 0 Å². The van der Waals surface area contributed by atoms with Crippen LogP contribution in [0.25, 0.3) is 0 Å². The lowest BCUT2D eigenvalue weighted by Crippen LogP contribution is -2.39. The van der Waals surface area contributed by atoms with Gasteiger partial charge in [0.15, 0.2) is 5.11 Å². The number of hydrogen-bond acceptors (Lipinski definition) is 5. The van der Waals surface area contributed by atoms with Crippen LogP contribution in [-0.2, 0) is 5.75 Å². The summed E-state index contributed by atoms with van der Waals surface area (Å²) in [6.45, 7) is 2.76. The second-order valence-electron chi connectivity index (χ2n) is 3.96. The summed E-state index contributed by atoms with van der Waals surface area (Å²) >= 11 is 8.75. The van der Waals surface area contributed by atoms with Gasteiger partial charge in [0.2, 0.25) is 0 Å². The highest BCUT2D eigenvalue weighted by atomic mass is 32.2. The Kier molecular flexibility index (Phi) is 8.32. The van der Waals surface area contributed by atoms with E-state index in [1.807, 2.05) is 37.4 Å². The molecule has 0 aromatic carbocycles. The summed E-state index contributed by atoms with van der Waals surface area (Å²) in [5.74, 6) is 2.02. The molecule has 0 bridgehead atoms. The number of nitrogens with one attached hydrogen (secondary N) is 2. The largest absolute Gasteiger partial charge is 0.362 e. The molecule has 0 saturated carbocycles. The molecule has 0 unspecified atom stereocenters. The van der Waals surface area contributed by atoms with Crippen LogP contribution < -0.4 is 10.6 Å². The van der Waals surface area contributed by atoms with Crippen molar-refractivity contribution in [2.75, 3.05) is 39.5 Å². The van der Waals surface area contributed by atoms with Crippen LogP contribution in [0.4, 0.5) is 0 Å². The molecule has 0 aliphatic carbocycles. The molecule has 0 aliphatic heterocycles. The van der Waals surface area contributed by atoms with Crippen molar-refractivity contribution in [2.24, 2.45) is 0 Å². The Morgan fingerprint density at radius 3 is 2.89 bits per heavy atom.